The molecule has 9 atom stereocenters. The first-order chi connectivity index (χ1) is 12.9. The molecule has 28 heavy (non-hydrogen) atoms. The summed E-state index contributed by atoms with van der Waals surface area (Å²) in [7, 11) is 0. The summed E-state index contributed by atoms with van der Waals surface area (Å²) in [6, 6.07) is 0. The van der Waals surface area contributed by atoms with Crippen molar-refractivity contribution in [1.82, 2.24) is 0 Å². The second-order valence-corrected chi connectivity index (χ2v) is 9.04. The minimum absolute atomic E-state index is 0.0645. The fourth-order valence-electron chi connectivity index (χ4n) is 4.67. The monoisotopic (exact) mass is 398 g/mol. The van der Waals surface area contributed by atoms with Crippen molar-refractivity contribution in [3.63, 3.8) is 0 Å². The minimum atomic E-state index is -1.59. The number of ether oxygens (including phenoxy) is 2. The van der Waals surface area contributed by atoms with Gasteiger partial charge in [-0.1, -0.05) is 13.5 Å². The van der Waals surface area contributed by atoms with E-state index in [2.05, 4.69) is 6.58 Å². The van der Waals surface area contributed by atoms with Gasteiger partial charge in [0.2, 0.25) is 0 Å². The molecule has 2 heterocycles. The molecular formula is C20H30O8. The summed E-state index contributed by atoms with van der Waals surface area (Å²) in [5, 5.41) is 43.4. The topological polar surface area (TPSA) is 134 Å². The number of hydrogen-bond donors (Lipinski definition) is 4. The number of fused-ring (bicyclic) bond motifs is 2. The molecule has 0 radical (unpaired) electrons. The summed E-state index contributed by atoms with van der Waals surface area (Å²) < 4.78 is 10.6. The molecule has 0 aromatic heterocycles. The highest BCUT2D eigenvalue weighted by Gasteiger charge is 2.54. The molecule has 2 aliphatic heterocycles. The van der Waals surface area contributed by atoms with E-state index in [9.17, 15) is 30.0 Å². The Bertz CT molecular complexity index is 667. The predicted octanol–water partition coefficient (Wildman–Crippen LogP) is 0.0597. The Kier molecular flexibility index (Phi) is 5.38. The lowest BCUT2D eigenvalue weighted by atomic mass is 9.73. The van der Waals surface area contributed by atoms with Crippen molar-refractivity contribution in [2.24, 2.45) is 17.8 Å². The summed E-state index contributed by atoms with van der Waals surface area (Å²) in [5.74, 6) is -2.64. The molecule has 0 aromatic rings. The molecule has 3 rings (SSSR count). The fourth-order valence-corrected chi connectivity index (χ4v) is 4.67. The first-order valence-electron chi connectivity index (χ1n) is 9.78. The van der Waals surface area contributed by atoms with Gasteiger partial charge in [-0.3, -0.25) is 4.79 Å². The lowest BCUT2D eigenvalue weighted by Gasteiger charge is -2.39. The van der Waals surface area contributed by atoms with Crippen molar-refractivity contribution < 1.29 is 39.5 Å². The average molecular weight is 398 g/mol. The van der Waals surface area contributed by atoms with E-state index in [0.717, 1.165) is 0 Å². The van der Waals surface area contributed by atoms with Crippen LogP contribution in [0.3, 0.4) is 0 Å². The molecule has 3 fully saturated rings. The summed E-state index contributed by atoms with van der Waals surface area (Å²) in [6.07, 6.45) is -3.95. The van der Waals surface area contributed by atoms with Crippen molar-refractivity contribution in [1.29, 1.82) is 0 Å². The Labute approximate surface area is 164 Å². The fraction of sp³-hybridized carbons (Fsp3) is 0.800. The SMILES string of the molecule is C=C1C(=O)OC2C1CCC(C)(O)C(O)C1OC(=O)C(C)C1CCC(C)(O)C2O. The molecule has 4 N–H and O–H groups in total. The van der Waals surface area contributed by atoms with E-state index in [4.69, 9.17) is 9.47 Å². The molecule has 0 amide bonds. The van der Waals surface area contributed by atoms with Crippen LogP contribution in [0.5, 0.6) is 0 Å². The molecule has 8 heteroatoms. The Morgan fingerprint density at radius 2 is 1.50 bits per heavy atom. The van der Waals surface area contributed by atoms with Crippen LogP contribution in [0.4, 0.5) is 0 Å². The normalized spacial score (nSPS) is 50.1. The number of hydrogen-bond acceptors (Lipinski definition) is 8. The highest BCUT2D eigenvalue weighted by molar-refractivity contribution is 5.90. The van der Waals surface area contributed by atoms with Gasteiger partial charge in [-0.2, -0.15) is 0 Å². The second-order valence-electron chi connectivity index (χ2n) is 9.04. The number of aliphatic hydroxyl groups is 4. The summed E-state index contributed by atoms with van der Waals surface area (Å²) in [5.41, 5.74) is -3.01. The zero-order valence-electron chi connectivity index (χ0n) is 16.5. The van der Waals surface area contributed by atoms with Crippen LogP contribution < -0.4 is 0 Å². The Balaban J connectivity index is 1.96. The molecule has 3 aliphatic rings. The van der Waals surface area contributed by atoms with Crippen LogP contribution in [0.15, 0.2) is 12.2 Å². The van der Waals surface area contributed by atoms with E-state index in [1.807, 2.05) is 0 Å². The summed E-state index contributed by atoms with van der Waals surface area (Å²) >= 11 is 0. The van der Waals surface area contributed by atoms with E-state index in [1.54, 1.807) is 6.92 Å². The van der Waals surface area contributed by atoms with E-state index in [1.165, 1.54) is 13.8 Å². The van der Waals surface area contributed by atoms with Gasteiger partial charge in [0.15, 0.2) is 0 Å². The second kappa shape index (κ2) is 7.09. The molecule has 158 valence electrons. The van der Waals surface area contributed by atoms with E-state index >= 15 is 0 Å². The third-order valence-corrected chi connectivity index (χ3v) is 6.88. The van der Waals surface area contributed by atoms with Gasteiger partial charge in [0.25, 0.3) is 0 Å². The summed E-state index contributed by atoms with van der Waals surface area (Å²) in [6.45, 7) is 8.33. The Morgan fingerprint density at radius 1 is 0.964 bits per heavy atom. The molecule has 9 unspecified atom stereocenters. The maximum absolute atomic E-state index is 12.1. The molecule has 1 aliphatic carbocycles. The maximum atomic E-state index is 12.1. The van der Waals surface area contributed by atoms with Crippen LogP contribution in [0, 0.1) is 17.8 Å². The molecule has 2 saturated heterocycles. The molecule has 8 nitrogen and oxygen atoms in total. The highest BCUT2D eigenvalue weighted by Crippen LogP contribution is 2.43. The van der Waals surface area contributed by atoms with Gasteiger partial charge in [0, 0.05) is 17.4 Å². The van der Waals surface area contributed by atoms with Crippen LogP contribution in [0.2, 0.25) is 0 Å². The highest BCUT2D eigenvalue weighted by atomic mass is 16.6. The van der Waals surface area contributed by atoms with Crippen molar-refractivity contribution in [3.8, 4) is 0 Å². The number of aliphatic hydroxyl groups excluding tert-OH is 2. The van der Waals surface area contributed by atoms with Crippen LogP contribution in [0.25, 0.3) is 0 Å². The first-order valence-corrected chi connectivity index (χ1v) is 9.78. The van der Waals surface area contributed by atoms with E-state index < -0.39 is 65.3 Å². The molecule has 0 aromatic carbocycles. The van der Waals surface area contributed by atoms with Crippen LogP contribution in [0.1, 0.15) is 46.5 Å². The average Bonchev–Trinajstić information content (AvgIpc) is 3.06. The van der Waals surface area contributed by atoms with Crippen LogP contribution >= 0.6 is 0 Å². The van der Waals surface area contributed by atoms with Gasteiger partial charge in [0.1, 0.15) is 24.4 Å². The van der Waals surface area contributed by atoms with E-state index in [-0.39, 0.29) is 31.3 Å². The molecular weight excluding hydrogens is 368 g/mol. The van der Waals surface area contributed by atoms with Gasteiger partial charge in [-0.15, -0.1) is 0 Å². The van der Waals surface area contributed by atoms with Gasteiger partial charge in [-0.25, -0.2) is 4.79 Å². The number of carbonyl (C=O) groups is 2. The first kappa shape index (κ1) is 21.2. The van der Waals surface area contributed by atoms with Crippen molar-refractivity contribution in [2.75, 3.05) is 0 Å². The smallest absolute Gasteiger partial charge is 0.334 e. The minimum Gasteiger partial charge on any atom is -0.459 e. The van der Waals surface area contributed by atoms with Crippen molar-refractivity contribution in [2.45, 2.75) is 82.1 Å². The van der Waals surface area contributed by atoms with E-state index in [0.29, 0.717) is 0 Å². The Hall–Kier alpha value is -1.48. The van der Waals surface area contributed by atoms with Gasteiger partial charge < -0.3 is 29.9 Å². The molecule has 0 spiro atoms. The van der Waals surface area contributed by atoms with Crippen LogP contribution in [-0.2, 0) is 19.1 Å². The van der Waals surface area contributed by atoms with Gasteiger partial charge in [0.05, 0.1) is 17.1 Å². The zero-order chi connectivity index (χ0) is 21.0. The van der Waals surface area contributed by atoms with Gasteiger partial charge >= 0.3 is 11.9 Å². The lowest BCUT2D eigenvalue weighted by molar-refractivity contribution is -0.168. The molecule has 1 saturated carbocycles. The van der Waals surface area contributed by atoms with Crippen molar-refractivity contribution in [3.05, 3.63) is 12.2 Å². The standard InChI is InChI=1S/C20H30O8/c1-9-11-5-7-19(3,25)16(22)14-12(10(2)18(24)28-14)6-8-20(4,26)15(21)13(11)27-17(9)23/h10-16,21-22,25-26H,1,5-8H2,2-4H3. The summed E-state index contributed by atoms with van der Waals surface area (Å²) in [4.78, 5) is 24.1. The predicted molar refractivity (Wildman–Crippen MR) is 96.8 cm³/mol. The Morgan fingerprint density at radius 3 is 2.11 bits per heavy atom. The maximum Gasteiger partial charge on any atom is 0.334 e. The zero-order valence-corrected chi connectivity index (χ0v) is 16.5. The lowest BCUT2D eigenvalue weighted by Crippen LogP contribution is -2.53. The third kappa shape index (κ3) is 3.47. The largest absolute Gasteiger partial charge is 0.459 e. The number of carbonyl (C=O) groups excluding carboxylic acids is 2. The molecule has 0 bridgehead atoms. The van der Waals surface area contributed by atoms with Crippen LogP contribution in [-0.4, -0.2) is 68.0 Å². The third-order valence-electron chi connectivity index (χ3n) is 6.88. The van der Waals surface area contributed by atoms with Gasteiger partial charge in [-0.05, 0) is 39.5 Å². The number of rotatable bonds is 0. The number of esters is 2. The quantitative estimate of drug-likeness (QED) is 0.332. The van der Waals surface area contributed by atoms with Crippen molar-refractivity contribution >= 4 is 11.9 Å².